The van der Waals surface area contributed by atoms with E-state index in [0.29, 0.717) is 18.3 Å². The molecule has 0 fully saturated rings. The van der Waals surface area contributed by atoms with E-state index in [2.05, 4.69) is 51.3 Å². The number of nitrogens with zero attached hydrogens (tertiary/aromatic N) is 4. The second kappa shape index (κ2) is 12.6. The van der Waals surface area contributed by atoms with Crippen molar-refractivity contribution in [1.29, 1.82) is 0 Å². The minimum absolute atomic E-state index is 0. The Balaban J connectivity index is 0.00000264. The van der Waals surface area contributed by atoms with Crippen molar-refractivity contribution in [2.45, 2.75) is 33.5 Å². The van der Waals surface area contributed by atoms with Gasteiger partial charge in [-0.05, 0) is 24.5 Å². The maximum atomic E-state index is 5.52. The fourth-order valence-corrected chi connectivity index (χ4v) is 3.04. The normalized spacial score (nSPS) is 10.7. The maximum Gasteiger partial charge on any atom is 0.240 e. The van der Waals surface area contributed by atoms with E-state index in [1.807, 2.05) is 0 Å². The highest BCUT2D eigenvalue weighted by Crippen LogP contribution is 2.13. The molecule has 2 heterocycles. The molecule has 0 atom stereocenters. The summed E-state index contributed by atoms with van der Waals surface area (Å²) < 4.78 is 5.10. The quantitative estimate of drug-likeness (QED) is 0.666. The second-order valence-electron chi connectivity index (χ2n) is 5.13. The summed E-state index contributed by atoms with van der Waals surface area (Å²) in [6.45, 7) is 10.4. The van der Waals surface area contributed by atoms with Crippen LogP contribution in [-0.4, -0.2) is 46.1 Å². The van der Waals surface area contributed by atoms with Crippen LogP contribution in [0.15, 0.2) is 22.0 Å². The molecule has 0 unspecified atom stereocenters. The number of hydrogen-bond acceptors (Lipinski definition) is 7. The molecule has 0 spiro atoms. The molecule has 2 aromatic rings. The average molecular weight is 396 g/mol. The molecule has 0 aromatic carbocycles. The van der Waals surface area contributed by atoms with Crippen LogP contribution in [0.4, 0.5) is 0 Å². The van der Waals surface area contributed by atoms with Crippen LogP contribution in [0, 0.1) is 0 Å². The van der Waals surface area contributed by atoms with Crippen LogP contribution < -0.4 is 5.73 Å². The van der Waals surface area contributed by atoms with Gasteiger partial charge in [-0.2, -0.15) is 4.98 Å². The third kappa shape index (κ3) is 7.46. The van der Waals surface area contributed by atoms with Crippen LogP contribution in [0.2, 0.25) is 0 Å². The van der Waals surface area contributed by atoms with Gasteiger partial charge in [0.15, 0.2) is 5.82 Å². The van der Waals surface area contributed by atoms with E-state index in [-0.39, 0.29) is 31.4 Å². The molecular weight excluding hydrogens is 369 g/mol. The third-order valence-corrected chi connectivity index (χ3v) is 4.50. The van der Waals surface area contributed by atoms with E-state index in [1.165, 1.54) is 4.88 Å². The highest BCUT2D eigenvalue weighted by atomic mass is 35.5. The summed E-state index contributed by atoms with van der Waals surface area (Å²) in [5.41, 5.74) is 5.52. The first kappa shape index (κ1) is 23.3. The van der Waals surface area contributed by atoms with Crippen LogP contribution in [0.3, 0.4) is 0 Å². The molecule has 0 aliphatic rings. The molecule has 0 bridgehead atoms. The third-order valence-electron chi connectivity index (χ3n) is 3.64. The van der Waals surface area contributed by atoms with Crippen LogP contribution in [0.1, 0.15) is 30.4 Å². The second-order valence-corrected chi connectivity index (χ2v) is 6.16. The summed E-state index contributed by atoms with van der Waals surface area (Å²) in [6, 6.07) is 4.25. The van der Waals surface area contributed by atoms with Gasteiger partial charge < -0.3 is 15.2 Å². The Hall–Kier alpha value is -0.700. The van der Waals surface area contributed by atoms with Crippen molar-refractivity contribution in [2.24, 2.45) is 5.73 Å². The van der Waals surface area contributed by atoms with Gasteiger partial charge in [0.25, 0.3) is 0 Å². The van der Waals surface area contributed by atoms with Gasteiger partial charge in [-0.15, -0.1) is 36.2 Å². The standard InChI is InChI=1S/C15H25N5OS.2ClH/c1-3-19(4-2)7-8-20(11-13-6-5-9-22-13)12-14-17-15(10-16)21-18-14;;/h5-6,9H,3-4,7-8,10-12,16H2,1-2H3;2*1H. The lowest BCUT2D eigenvalue weighted by atomic mass is 10.3. The molecule has 0 aliphatic heterocycles. The Morgan fingerprint density at radius 2 is 1.83 bits per heavy atom. The van der Waals surface area contributed by atoms with Crippen molar-refractivity contribution in [2.75, 3.05) is 26.2 Å². The van der Waals surface area contributed by atoms with Crippen molar-refractivity contribution in [1.82, 2.24) is 19.9 Å². The van der Waals surface area contributed by atoms with Gasteiger partial charge in [-0.1, -0.05) is 25.1 Å². The summed E-state index contributed by atoms with van der Waals surface area (Å²) in [4.78, 5) is 10.4. The molecule has 138 valence electrons. The summed E-state index contributed by atoms with van der Waals surface area (Å²) >= 11 is 1.78. The lowest BCUT2D eigenvalue weighted by Crippen LogP contribution is -2.34. The molecule has 2 rings (SSSR count). The number of aromatic nitrogens is 2. The van der Waals surface area contributed by atoms with Crippen molar-refractivity contribution >= 4 is 36.2 Å². The SMILES string of the molecule is CCN(CC)CCN(Cc1noc(CN)n1)Cc1cccs1.Cl.Cl. The summed E-state index contributed by atoms with van der Waals surface area (Å²) in [5.74, 6) is 1.20. The lowest BCUT2D eigenvalue weighted by Gasteiger charge is -2.25. The van der Waals surface area contributed by atoms with Crippen LogP contribution >= 0.6 is 36.2 Å². The van der Waals surface area contributed by atoms with Gasteiger partial charge in [0.05, 0.1) is 13.1 Å². The largest absolute Gasteiger partial charge is 0.338 e. The van der Waals surface area contributed by atoms with Gasteiger partial charge in [-0.25, -0.2) is 0 Å². The van der Waals surface area contributed by atoms with Crippen molar-refractivity contribution < 1.29 is 4.52 Å². The average Bonchev–Trinajstić information content (AvgIpc) is 3.19. The molecule has 0 radical (unpaired) electrons. The van der Waals surface area contributed by atoms with Gasteiger partial charge in [0.2, 0.25) is 5.89 Å². The Morgan fingerprint density at radius 3 is 2.38 bits per heavy atom. The Bertz CT molecular complexity index is 534. The van der Waals surface area contributed by atoms with Crippen LogP contribution in [0.5, 0.6) is 0 Å². The first-order valence-electron chi connectivity index (χ1n) is 7.73. The number of nitrogens with two attached hydrogens (primary N) is 1. The van der Waals surface area contributed by atoms with Crippen LogP contribution in [0.25, 0.3) is 0 Å². The lowest BCUT2D eigenvalue weighted by molar-refractivity contribution is 0.198. The maximum absolute atomic E-state index is 5.52. The smallest absolute Gasteiger partial charge is 0.240 e. The fraction of sp³-hybridized carbons (Fsp3) is 0.600. The summed E-state index contributed by atoms with van der Waals surface area (Å²) in [6.07, 6.45) is 0. The number of rotatable bonds is 10. The van der Waals surface area contributed by atoms with E-state index in [1.54, 1.807) is 11.3 Å². The zero-order valence-corrected chi connectivity index (χ0v) is 16.6. The number of hydrogen-bond donors (Lipinski definition) is 1. The minimum Gasteiger partial charge on any atom is -0.338 e. The topological polar surface area (TPSA) is 71.4 Å². The predicted molar refractivity (Wildman–Crippen MR) is 103 cm³/mol. The van der Waals surface area contributed by atoms with Crippen molar-refractivity contribution in [3.8, 4) is 0 Å². The predicted octanol–water partition coefficient (Wildman–Crippen LogP) is 2.78. The first-order valence-corrected chi connectivity index (χ1v) is 8.61. The van der Waals surface area contributed by atoms with Crippen LogP contribution in [-0.2, 0) is 19.6 Å². The number of thiophene rings is 1. The monoisotopic (exact) mass is 395 g/mol. The molecular formula is C15H27Cl2N5OS. The van der Waals surface area contributed by atoms with Crippen molar-refractivity contribution in [3.05, 3.63) is 34.1 Å². The number of likely N-dealkylation sites (N-methyl/N-ethyl adjacent to an activating group) is 1. The highest BCUT2D eigenvalue weighted by molar-refractivity contribution is 7.09. The first-order chi connectivity index (χ1) is 10.7. The summed E-state index contributed by atoms with van der Waals surface area (Å²) in [5, 5.41) is 6.12. The molecule has 2 N–H and O–H groups in total. The molecule has 0 saturated heterocycles. The van der Waals surface area contributed by atoms with E-state index < -0.39 is 0 Å². The minimum atomic E-state index is 0. The Morgan fingerprint density at radius 1 is 1.12 bits per heavy atom. The fourth-order valence-electron chi connectivity index (χ4n) is 2.30. The molecule has 6 nitrogen and oxygen atoms in total. The molecule has 0 aliphatic carbocycles. The number of halogens is 2. The van der Waals surface area contributed by atoms with Gasteiger partial charge >= 0.3 is 0 Å². The van der Waals surface area contributed by atoms with Gasteiger partial charge in [-0.3, -0.25) is 4.90 Å². The summed E-state index contributed by atoms with van der Waals surface area (Å²) in [7, 11) is 0. The Kier molecular flexibility index (Phi) is 12.3. The van der Waals surface area contributed by atoms with Crippen molar-refractivity contribution in [3.63, 3.8) is 0 Å². The zero-order valence-electron chi connectivity index (χ0n) is 14.2. The molecule has 0 saturated carbocycles. The van der Waals surface area contributed by atoms with Gasteiger partial charge in [0.1, 0.15) is 0 Å². The van der Waals surface area contributed by atoms with E-state index in [0.717, 1.165) is 32.7 Å². The zero-order chi connectivity index (χ0) is 15.8. The van der Waals surface area contributed by atoms with E-state index in [4.69, 9.17) is 10.3 Å². The van der Waals surface area contributed by atoms with E-state index in [9.17, 15) is 0 Å². The molecule has 9 heteroatoms. The molecule has 24 heavy (non-hydrogen) atoms. The van der Waals surface area contributed by atoms with Gasteiger partial charge in [0, 0.05) is 24.5 Å². The highest BCUT2D eigenvalue weighted by Gasteiger charge is 2.13. The molecule has 2 aromatic heterocycles. The molecule has 0 amide bonds. The van der Waals surface area contributed by atoms with E-state index >= 15 is 0 Å². The Labute approximate surface area is 160 Å².